The highest BCUT2D eigenvalue weighted by molar-refractivity contribution is 5.95. The van der Waals surface area contributed by atoms with Crippen LogP contribution >= 0.6 is 0 Å². The summed E-state index contributed by atoms with van der Waals surface area (Å²) >= 11 is 0. The molecule has 142 valence electrons. The molecule has 1 aliphatic carbocycles. The van der Waals surface area contributed by atoms with Crippen LogP contribution in [0.3, 0.4) is 0 Å². The fraction of sp³-hybridized carbons (Fsp3) is 0.409. The number of hydrogen-bond acceptors (Lipinski definition) is 4. The second kappa shape index (κ2) is 7.71. The Hall–Kier alpha value is -2.37. The Morgan fingerprint density at radius 3 is 2.67 bits per heavy atom. The van der Waals surface area contributed by atoms with E-state index in [1.54, 1.807) is 14.2 Å². The minimum atomic E-state index is -0.0435. The molecule has 1 aliphatic heterocycles. The molecule has 1 N–H and O–H groups in total. The lowest BCUT2D eigenvalue weighted by atomic mass is 9.67. The number of carbonyl (C=O) groups excluding carboxylic acids is 1. The maximum absolute atomic E-state index is 12.7. The van der Waals surface area contributed by atoms with Gasteiger partial charge < -0.3 is 19.5 Å². The van der Waals surface area contributed by atoms with E-state index in [0.717, 1.165) is 29.9 Å². The van der Waals surface area contributed by atoms with Crippen LogP contribution in [0.2, 0.25) is 0 Å². The molecule has 2 aromatic carbocycles. The molecule has 4 atom stereocenters. The Morgan fingerprint density at radius 1 is 1.15 bits per heavy atom. The fourth-order valence-corrected chi connectivity index (χ4v) is 4.35. The van der Waals surface area contributed by atoms with Crippen molar-refractivity contribution < 1.29 is 19.0 Å². The number of amides is 1. The van der Waals surface area contributed by atoms with Gasteiger partial charge in [0, 0.05) is 42.7 Å². The van der Waals surface area contributed by atoms with Gasteiger partial charge in [0.25, 0.3) is 5.91 Å². The number of carbonyl (C=O) groups is 1. The van der Waals surface area contributed by atoms with E-state index in [0.29, 0.717) is 18.1 Å². The molecule has 0 radical (unpaired) electrons. The summed E-state index contributed by atoms with van der Waals surface area (Å²) < 4.78 is 16.5. The Kier molecular flexibility index (Phi) is 5.14. The zero-order valence-electron chi connectivity index (χ0n) is 15.7. The van der Waals surface area contributed by atoms with Crippen LogP contribution in [-0.2, 0) is 9.47 Å². The second-order valence-electron chi connectivity index (χ2n) is 7.18. The molecule has 2 fully saturated rings. The van der Waals surface area contributed by atoms with Gasteiger partial charge in [0.15, 0.2) is 0 Å². The Balaban J connectivity index is 1.47. The average molecular weight is 367 g/mol. The van der Waals surface area contributed by atoms with Gasteiger partial charge in [0.05, 0.1) is 19.8 Å². The minimum Gasteiger partial charge on any atom is -0.496 e. The van der Waals surface area contributed by atoms with Crippen molar-refractivity contribution in [2.24, 2.45) is 11.8 Å². The molecule has 5 nitrogen and oxygen atoms in total. The zero-order valence-corrected chi connectivity index (χ0v) is 15.7. The third kappa shape index (κ3) is 3.33. The number of benzene rings is 2. The number of para-hydroxylation sites is 1. The number of ether oxygens (including phenoxy) is 3. The summed E-state index contributed by atoms with van der Waals surface area (Å²) in [4.78, 5) is 12.7. The van der Waals surface area contributed by atoms with E-state index in [2.05, 4.69) is 5.32 Å². The Morgan fingerprint density at radius 2 is 1.93 bits per heavy atom. The van der Waals surface area contributed by atoms with E-state index in [1.165, 1.54) is 0 Å². The highest BCUT2D eigenvalue weighted by atomic mass is 16.5. The predicted molar refractivity (Wildman–Crippen MR) is 103 cm³/mol. The molecule has 1 heterocycles. The van der Waals surface area contributed by atoms with Crippen molar-refractivity contribution in [1.29, 1.82) is 0 Å². The molecule has 1 amide bonds. The normalized spacial score (nSPS) is 26.1. The minimum absolute atomic E-state index is 0.0435. The van der Waals surface area contributed by atoms with Crippen molar-refractivity contribution >= 4 is 5.91 Å². The maximum atomic E-state index is 12.7. The van der Waals surface area contributed by atoms with E-state index in [-0.39, 0.29) is 24.0 Å². The average Bonchev–Trinajstić information content (AvgIpc) is 3.14. The van der Waals surface area contributed by atoms with E-state index in [9.17, 15) is 4.79 Å². The van der Waals surface area contributed by atoms with Crippen LogP contribution in [0.4, 0.5) is 0 Å². The first-order valence-electron chi connectivity index (χ1n) is 9.38. The monoisotopic (exact) mass is 367 g/mol. The van der Waals surface area contributed by atoms with Crippen molar-refractivity contribution in [2.75, 3.05) is 27.4 Å². The standard InChI is InChI=1S/C22H25NO4/c1-25-13-18-20(17-11-12-27-21(17)18)23-22(24)15-9-7-14(8-10-15)16-5-3-4-6-19(16)26-2/h3-10,17-18,20-21H,11-13H2,1-2H3,(H,23,24)/t17-,18-,20-,21-/m1/s1. The first-order chi connectivity index (χ1) is 13.2. The van der Waals surface area contributed by atoms with Crippen molar-refractivity contribution in [2.45, 2.75) is 18.6 Å². The van der Waals surface area contributed by atoms with Crippen molar-refractivity contribution in [3.63, 3.8) is 0 Å². The van der Waals surface area contributed by atoms with Crippen LogP contribution in [0.5, 0.6) is 5.75 Å². The number of methoxy groups -OCH3 is 2. The highest BCUT2D eigenvalue weighted by Gasteiger charge is 2.54. The van der Waals surface area contributed by atoms with Crippen LogP contribution in [0, 0.1) is 11.8 Å². The predicted octanol–water partition coefficient (Wildman–Crippen LogP) is 3.14. The third-order valence-corrected chi connectivity index (χ3v) is 5.75. The number of fused-ring (bicyclic) bond motifs is 1. The van der Waals surface area contributed by atoms with Crippen molar-refractivity contribution in [3.05, 3.63) is 54.1 Å². The maximum Gasteiger partial charge on any atom is 0.251 e. The van der Waals surface area contributed by atoms with Gasteiger partial charge in [-0.1, -0.05) is 30.3 Å². The van der Waals surface area contributed by atoms with E-state index in [1.807, 2.05) is 48.5 Å². The molecule has 2 aliphatic rings. The van der Waals surface area contributed by atoms with Gasteiger partial charge in [-0.05, 0) is 30.2 Å². The first-order valence-corrected chi connectivity index (χ1v) is 9.38. The summed E-state index contributed by atoms with van der Waals surface area (Å²) in [6, 6.07) is 15.6. The van der Waals surface area contributed by atoms with Crippen molar-refractivity contribution in [1.82, 2.24) is 5.32 Å². The van der Waals surface area contributed by atoms with E-state index < -0.39 is 0 Å². The molecule has 2 aromatic rings. The number of hydrogen-bond donors (Lipinski definition) is 1. The molecule has 0 bridgehead atoms. The summed E-state index contributed by atoms with van der Waals surface area (Å²) in [5, 5.41) is 3.20. The third-order valence-electron chi connectivity index (χ3n) is 5.75. The number of rotatable bonds is 6. The Bertz CT molecular complexity index is 804. The lowest BCUT2D eigenvalue weighted by Crippen LogP contribution is -2.62. The van der Waals surface area contributed by atoms with Gasteiger partial charge in [0.1, 0.15) is 5.75 Å². The van der Waals surface area contributed by atoms with E-state index in [4.69, 9.17) is 14.2 Å². The Labute approximate surface area is 159 Å². The molecular formula is C22H25NO4. The summed E-state index contributed by atoms with van der Waals surface area (Å²) in [7, 11) is 3.35. The summed E-state index contributed by atoms with van der Waals surface area (Å²) in [5.41, 5.74) is 2.69. The van der Waals surface area contributed by atoms with Crippen LogP contribution in [-0.4, -0.2) is 45.5 Å². The molecule has 4 rings (SSSR count). The molecule has 0 aromatic heterocycles. The lowest BCUT2D eigenvalue weighted by molar-refractivity contribution is -0.0809. The summed E-state index contributed by atoms with van der Waals surface area (Å²) in [5.74, 6) is 1.41. The smallest absolute Gasteiger partial charge is 0.251 e. The van der Waals surface area contributed by atoms with Crippen LogP contribution in [0.15, 0.2) is 48.5 Å². The largest absolute Gasteiger partial charge is 0.496 e. The molecule has 27 heavy (non-hydrogen) atoms. The molecule has 5 heteroatoms. The molecule has 1 saturated heterocycles. The molecule has 0 spiro atoms. The topological polar surface area (TPSA) is 56.8 Å². The summed E-state index contributed by atoms with van der Waals surface area (Å²) in [6.45, 7) is 1.38. The van der Waals surface area contributed by atoms with Gasteiger partial charge in [0.2, 0.25) is 0 Å². The van der Waals surface area contributed by atoms with E-state index >= 15 is 0 Å². The zero-order chi connectivity index (χ0) is 18.8. The molecular weight excluding hydrogens is 342 g/mol. The molecule has 1 saturated carbocycles. The van der Waals surface area contributed by atoms with Crippen LogP contribution < -0.4 is 10.1 Å². The van der Waals surface area contributed by atoms with Crippen LogP contribution in [0.25, 0.3) is 11.1 Å². The highest BCUT2D eigenvalue weighted by Crippen LogP contribution is 2.43. The lowest BCUT2D eigenvalue weighted by Gasteiger charge is -2.47. The van der Waals surface area contributed by atoms with Gasteiger partial charge in [-0.15, -0.1) is 0 Å². The van der Waals surface area contributed by atoms with Gasteiger partial charge >= 0.3 is 0 Å². The number of nitrogens with one attached hydrogen (secondary N) is 1. The summed E-state index contributed by atoms with van der Waals surface area (Å²) in [6.07, 6.45) is 1.23. The van der Waals surface area contributed by atoms with Gasteiger partial charge in [-0.2, -0.15) is 0 Å². The van der Waals surface area contributed by atoms with Gasteiger partial charge in [-0.25, -0.2) is 0 Å². The van der Waals surface area contributed by atoms with Gasteiger partial charge in [-0.3, -0.25) is 4.79 Å². The fourth-order valence-electron chi connectivity index (χ4n) is 4.35. The van der Waals surface area contributed by atoms with Crippen molar-refractivity contribution in [3.8, 4) is 16.9 Å². The SMILES string of the molecule is COC[C@@H]1[C@H](NC(=O)c2ccc(-c3ccccc3OC)cc2)[C@H]2CCO[C@H]21. The second-order valence-corrected chi connectivity index (χ2v) is 7.18. The first kappa shape index (κ1) is 18.0. The quantitative estimate of drug-likeness (QED) is 0.852. The molecule has 0 unspecified atom stereocenters. The van der Waals surface area contributed by atoms with Crippen LogP contribution in [0.1, 0.15) is 16.8 Å².